The van der Waals surface area contributed by atoms with E-state index in [1.54, 1.807) is 13.8 Å². The number of benzene rings is 1. The Balaban J connectivity index is 0.00000151. The van der Waals surface area contributed by atoms with Crippen LogP contribution < -0.4 is 0 Å². The first-order chi connectivity index (χ1) is 11.5. The van der Waals surface area contributed by atoms with Gasteiger partial charge in [-0.1, -0.05) is 59.2 Å². The Morgan fingerprint density at radius 2 is 1.56 bits per heavy atom. The van der Waals surface area contributed by atoms with Crippen molar-refractivity contribution in [3.63, 3.8) is 0 Å². The van der Waals surface area contributed by atoms with Crippen molar-refractivity contribution < 1.29 is 8.78 Å². The molecule has 1 aliphatic rings. The molecular formula is C22H33ClF2. The lowest BCUT2D eigenvalue weighted by atomic mass is 9.77. The zero-order chi connectivity index (χ0) is 19.7. The van der Waals surface area contributed by atoms with Crippen molar-refractivity contribution in [2.45, 2.75) is 68.2 Å². The molecule has 1 aliphatic carbocycles. The highest BCUT2D eigenvalue weighted by Crippen LogP contribution is 2.67. The van der Waals surface area contributed by atoms with Crippen molar-refractivity contribution in [3.8, 4) is 0 Å². The molecule has 3 heteroatoms. The van der Waals surface area contributed by atoms with Crippen LogP contribution in [-0.4, -0.2) is 0 Å². The Labute approximate surface area is 157 Å². The monoisotopic (exact) mass is 370 g/mol. The quantitative estimate of drug-likeness (QED) is 0.368. The van der Waals surface area contributed by atoms with Gasteiger partial charge in [-0.25, -0.2) is 8.78 Å². The van der Waals surface area contributed by atoms with Crippen LogP contribution in [0.15, 0.2) is 12.7 Å². The first-order valence-electron chi connectivity index (χ1n) is 9.21. The molecule has 2 atom stereocenters. The second kappa shape index (κ2) is 7.78. The lowest BCUT2D eigenvalue weighted by Gasteiger charge is -2.28. The van der Waals surface area contributed by atoms with Crippen LogP contribution >= 0.6 is 11.6 Å². The van der Waals surface area contributed by atoms with Crippen LogP contribution in [0, 0.1) is 48.1 Å². The molecular weight excluding hydrogens is 338 g/mol. The van der Waals surface area contributed by atoms with Crippen LogP contribution in [0.5, 0.6) is 0 Å². The Bertz CT molecular complexity index is 615. The van der Waals surface area contributed by atoms with Gasteiger partial charge in [-0.05, 0) is 66.0 Å². The first-order valence-corrected chi connectivity index (χ1v) is 9.59. The zero-order valence-electron chi connectivity index (χ0n) is 17.0. The van der Waals surface area contributed by atoms with Crippen molar-refractivity contribution in [3.05, 3.63) is 46.0 Å². The largest absolute Gasteiger partial charge is 0.205 e. The summed E-state index contributed by atoms with van der Waals surface area (Å²) in [6.45, 7) is 20.3. The Kier molecular flexibility index (Phi) is 6.89. The van der Waals surface area contributed by atoms with Crippen LogP contribution in [0.1, 0.15) is 64.7 Å². The van der Waals surface area contributed by atoms with Gasteiger partial charge in [0.05, 0.1) is 0 Å². The molecule has 0 spiro atoms. The van der Waals surface area contributed by atoms with Gasteiger partial charge in [0.25, 0.3) is 0 Å². The second-order valence-electron chi connectivity index (χ2n) is 8.22. The fourth-order valence-corrected chi connectivity index (χ4v) is 4.84. The van der Waals surface area contributed by atoms with Gasteiger partial charge in [0.2, 0.25) is 0 Å². The maximum Gasteiger partial charge on any atom is 0.147 e. The molecule has 0 nitrogen and oxygen atoms in total. The van der Waals surface area contributed by atoms with Crippen LogP contribution in [0.4, 0.5) is 8.78 Å². The van der Waals surface area contributed by atoms with E-state index in [9.17, 15) is 8.78 Å². The molecule has 0 amide bonds. The molecule has 2 rings (SSSR count). The first kappa shape index (κ1) is 22.2. The van der Waals surface area contributed by atoms with Gasteiger partial charge in [-0.2, -0.15) is 0 Å². The average molecular weight is 371 g/mol. The smallest absolute Gasteiger partial charge is 0.147 e. The molecule has 1 aromatic carbocycles. The predicted octanol–water partition coefficient (Wildman–Crippen LogP) is 7.68. The molecule has 0 heterocycles. The molecule has 1 saturated carbocycles. The summed E-state index contributed by atoms with van der Waals surface area (Å²) in [5.74, 6) is -0.190. The molecule has 0 saturated heterocycles. The molecule has 1 fully saturated rings. The highest BCUT2D eigenvalue weighted by Gasteiger charge is 2.61. The molecule has 0 aromatic heterocycles. The normalized spacial score (nSPS) is 21.4. The van der Waals surface area contributed by atoms with E-state index in [0.717, 1.165) is 12.0 Å². The molecule has 142 valence electrons. The Morgan fingerprint density at radius 1 is 1.12 bits per heavy atom. The predicted molar refractivity (Wildman–Crippen MR) is 105 cm³/mol. The minimum atomic E-state index is -0.627. The van der Waals surface area contributed by atoms with Gasteiger partial charge in [-0.3, -0.25) is 0 Å². The van der Waals surface area contributed by atoms with E-state index in [0.29, 0.717) is 29.4 Å². The minimum absolute atomic E-state index is 0.0911. The maximum atomic E-state index is 14.1. The van der Waals surface area contributed by atoms with Crippen LogP contribution in [0.25, 0.3) is 0 Å². The summed E-state index contributed by atoms with van der Waals surface area (Å²) in [5, 5.41) is -0.391. The summed E-state index contributed by atoms with van der Waals surface area (Å²) in [6.07, 6.45) is 3.59. The fourth-order valence-electron chi connectivity index (χ4n) is 4.56. The molecule has 0 bridgehead atoms. The molecule has 1 aromatic rings. The number of rotatable bonds is 5. The molecule has 0 N–H and O–H groups in total. The molecule has 2 unspecified atom stereocenters. The third kappa shape index (κ3) is 3.94. The van der Waals surface area contributed by atoms with Crippen molar-refractivity contribution in [1.82, 2.24) is 0 Å². The third-order valence-corrected chi connectivity index (χ3v) is 6.31. The van der Waals surface area contributed by atoms with Crippen LogP contribution in [-0.2, 0) is 6.42 Å². The topological polar surface area (TPSA) is 0 Å². The molecule has 0 aliphatic heterocycles. The molecule has 0 radical (unpaired) electrons. The van der Waals surface area contributed by atoms with E-state index in [4.69, 9.17) is 11.6 Å². The maximum absolute atomic E-state index is 14.1. The second-order valence-corrected chi connectivity index (χ2v) is 8.60. The minimum Gasteiger partial charge on any atom is -0.205 e. The lowest BCUT2D eigenvalue weighted by molar-refractivity contribution is 0.244. The van der Waals surface area contributed by atoms with Gasteiger partial charge >= 0.3 is 0 Å². The van der Waals surface area contributed by atoms with Crippen molar-refractivity contribution in [1.29, 1.82) is 0 Å². The third-order valence-electron chi connectivity index (χ3n) is 5.98. The summed E-state index contributed by atoms with van der Waals surface area (Å²) in [4.78, 5) is 0. The number of halogens is 3. The summed E-state index contributed by atoms with van der Waals surface area (Å²) in [6, 6.07) is 0. The van der Waals surface area contributed by atoms with Gasteiger partial charge in [0, 0.05) is 0 Å². The van der Waals surface area contributed by atoms with Gasteiger partial charge in [0.15, 0.2) is 0 Å². The standard InChI is InChI=1S/C20H27ClF2.C2H6/c1-8-14-18(20(14,6)7)19(4,5)10-9-13-11(2)16(22)15(21)17(23)12(13)3;1-2/h8,14,18H,1,9-10H2,2-7H3;1-2H3. The van der Waals surface area contributed by atoms with Gasteiger partial charge < -0.3 is 0 Å². The van der Waals surface area contributed by atoms with Crippen LogP contribution in [0.2, 0.25) is 5.02 Å². The summed E-state index contributed by atoms with van der Waals surface area (Å²) >= 11 is 5.72. The summed E-state index contributed by atoms with van der Waals surface area (Å²) in [7, 11) is 0. The van der Waals surface area contributed by atoms with Crippen molar-refractivity contribution in [2.24, 2.45) is 22.7 Å². The van der Waals surface area contributed by atoms with E-state index in [2.05, 4.69) is 34.3 Å². The summed E-state index contributed by atoms with van der Waals surface area (Å²) < 4.78 is 28.2. The van der Waals surface area contributed by atoms with E-state index in [1.807, 2.05) is 19.9 Å². The van der Waals surface area contributed by atoms with Gasteiger partial charge in [0.1, 0.15) is 16.7 Å². The van der Waals surface area contributed by atoms with Gasteiger partial charge in [-0.15, -0.1) is 6.58 Å². The van der Waals surface area contributed by atoms with E-state index >= 15 is 0 Å². The highest BCUT2D eigenvalue weighted by molar-refractivity contribution is 6.31. The summed E-state index contributed by atoms with van der Waals surface area (Å²) in [5.41, 5.74) is 2.05. The SMILES string of the molecule is C=CC1C(C(C)(C)CCc2c(C)c(F)c(Cl)c(F)c2C)C1(C)C.CC. The molecule has 25 heavy (non-hydrogen) atoms. The highest BCUT2D eigenvalue weighted by atomic mass is 35.5. The number of allylic oxidation sites excluding steroid dienone is 1. The van der Waals surface area contributed by atoms with E-state index < -0.39 is 16.7 Å². The number of hydrogen-bond acceptors (Lipinski definition) is 0. The van der Waals surface area contributed by atoms with E-state index in [-0.39, 0.29) is 10.8 Å². The average Bonchev–Trinajstić information content (AvgIpc) is 3.15. The Hall–Kier alpha value is -0.890. The lowest BCUT2D eigenvalue weighted by Crippen LogP contribution is -2.19. The van der Waals surface area contributed by atoms with Crippen molar-refractivity contribution >= 4 is 11.6 Å². The zero-order valence-corrected chi connectivity index (χ0v) is 17.7. The van der Waals surface area contributed by atoms with E-state index in [1.165, 1.54) is 0 Å². The van der Waals surface area contributed by atoms with Crippen LogP contribution in [0.3, 0.4) is 0 Å². The Morgan fingerprint density at radius 3 is 1.92 bits per heavy atom. The number of hydrogen-bond donors (Lipinski definition) is 0. The van der Waals surface area contributed by atoms with Crippen molar-refractivity contribution in [2.75, 3.05) is 0 Å². The fraction of sp³-hybridized carbons (Fsp3) is 0.636.